The fraction of sp³-hybridized carbons (Fsp3) is 0.488. The molecule has 0 spiro atoms. The third kappa shape index (κ3) is 44.1. The highest BCUT2D eigenvalue weighted by Crippen LogP contribution is 2.12. The van der Waals surface area contributed by atoms with E-state index in [9.17, 15) is 0 Å². The molecule has 0 fully saturated rings. The van der Waals surface area contributed by atoms with Crippen LogP contribution >= 0.6 is 0 Å². The van der Waals surface area contributed by atoms with E-state index >= 15 is 0 Å². The Kier molecular flexibility index (Phi) is 46.7. The van der Waals surface area contributed by atoms with Gasteiger partial charge in [0.25, 0.3) is 0 Å². The standard InChI is InChI=1S/C20H29N.C8H12.C5H10.2C4H10/c1-9-10-12-17(5)19(7)21-20(8)18(6)14-11-13-16(4)15(2)3;1-4-6-7-8(3)5-2;1-3-5-4-2;2*1-3-4-2/h11-14H,2,4,7,9-10H2,1,3,5-6,8H3;4-7H,1H2,2-3H3;3H,1,4-5H2,2H3;2*3-4H2,1-2H3/b13-11-,17-12-,18-14+,21-20?;7-6-,8-5-;;;. The molecule has 1 heteroatoms. The monoisotopic (exact) mass is 578 g/mol. The second kappa shape index (κ2) is 40.2. The molecule has 0 aromatic heterocycles. The molecule has 0 saturated heterocycles. The van der Waals surface area contributed by atoms with Gasteiger partial charge < -0.3 is 0 Å². The molecule has 0 saturated carbocycles. The van der Waals surface area contributed by atoms with Crippen molar-refractivity contribution in [3.05, 3.63) is 121 Å². The van der Waals surface area contributed by atoms with Crippen LogP contribution in [0.15, 0.2) is 126 Å². The van der Waals surface area contributed by atoms with E-state index in [4.69, 9.17) is 0 Å². The Morgan fingerprint density at radius 1 is 0.643 bits per heavy atom. The van der Waals surface area contributed by atoms with E-state index in [0.29, 0.717) is 0 Å². The predicted octanol–water partition coefficient (Wildman–Crippen LogP) is 14.6. The Labute approximate surface area is 265 Å². The van der Waals surface area contributed by atoms with Crippen LogP contribution in [-0.4, -0.2) is 5.71 Å². The van der Waals surface area contributed by atoms with Gasteiger partial charge in [0.15, 0.2) is 0 Å². The number of unbranched alkanes of at least 4 members (excludes halogenated alkanes) is 4. The van der Waals surface area contributed by atoms with Gasteiger partial charge in [-0.25, -0.2) is 0 Å². The highest BCUT2D eigenvalue weighted by Gasteiger charge is 1.98. The Bertz CT molecular complexity index is 870. The molecule has 0 aliphatic carbocycles. The summed E-state index contributed by atoms with van der Waals surface area (Å²) < 4.78 is 0. The zero-order valence-electron chi connectivity index (χ0n) is 30.3. The fourth-order valence-corrected chi connectivity index (χ4v) is 1.95. The molecule has 0 aliphatic rings. The summed E-state index contributed by atoms with van der Waals surface area (Å²) >= 11 is 0. The summed E-state index contributed by atoms with van der Waals surface area (Å²) in [4.78, 5) is 4.57. The molecular formula is C41H71N. The first-order valence-corrected chi connectivity index (χ1v) is 16.0. The number of hydrogen-bond acceptors (Lipinski definition) is 1. The molecule has 0 atom stereocenters. The molecule has 0 amide bonds. The summed E-state index contributed by atoms with van der Waals surface area (Å²) in [6.45, 7) is 44.1. The molecule has 42 heavy (non-hydrogen) atoms. The number of allylic oxidation sites excluding steroid dienone is 14. The first-order chi connectivity index (χ1) is 19.8. The normalized spacial score (nSPS) is 11.5. The number of rotatable bonds is 14. The Balaban J connectivity index is -0.000000176. The van der Waals surface area contributed by atoms with Crippen LogP contribution in [0.1, 0.15) is 134 Å². The van der Waals surface area contributed by atoms with Crippen LogP contribution in [0.5, 0.6) is 0 Å². The van der Waals surface area contributed by atoms with Crippen LogP contribution in [0.25, 0.3) is 0 Å². The largest absolute Gasteiger partial charge is 0.254 e. The van der Waals surface area contributed by atoms with Crippen molar-refractivity contribution < 1.29 is 0 Å². The van der Waals surface area contributed by atoms with Gasteiger partial charge in [0.2, 0.25) is 0 Å². The SMILES string of the molecule is C=C(C)C(=C)/C=C\C=C(/C)C(C)=NC(=C)/C(C)=C\CCC.C=C/C=C\C(C)=C/C.C=CCCC.CCCC.CCCC. The van der Waals surface area contributed by atoms with Crippen LogP contribution in [0.2, 0.25) is 0 Å². The van der Waals surface area contributed by atoms with Crippen LogP contribution in [0, 0.1) is 0 Å². The van der Waals surface area contributed by atoms with Crippen molar-refractivity contribution in [2.24, 2.45) is 4.99 Å². The molecule has 0 unspecified atom stereocenters. The van der Waals surface area contributed by atoms with Gasteiger partial charge in [-0.15, -0.1) is 6.58 Å². The first kappa shape index (κ1) is 48.8. The molecule has 240 valence electrons. The Morgan fingerprint density at radius 2 is 1.14 bits per heavy atom. The lowest BCUT2D eigenvalue weighted by Crippen LogP contribution is -1.95. The second-order valence-electron chi connectivity index (χ2n) is 10.0. The van der Waals surface area contributed by atoms with Crippen molar-refractivity contribution >= 4 is 5.71 Å². The summed E-state index contributed by atoms with van der Waals surface area (Å²) in [5, 5.41) is 0. The molecular weight excluding hydrogens is 506 g/mol. The van der Waals surface area contributed by atoms with E-state index in [0.717, 1.165) is 53.0 Å². The average Bonchev–Trinajstić information content (AvgIpc) is 2.99. The topological polar surface area (TPSA) is 12.4 Å². The van der Waals surface area contributed by atoms with Gasteiger partial charge in [-0.05, 0) is 71.1 Å². The Morgan fingerprint density at radius 3 is 1.48 bits per heavy atom. The molecule has 0 heterocycles. The minimum Gasteiger partial charge on any atom is -0.254 e. The van der Waals surface area contributed by atoms with Gasteiger partial charge in [-0.3, -0.25) is 4.99 Å². The van der Waals surface area contributed by atoms with Crippen LogP contribution in [0.3, 0.4) is 0 Å². The summed E-state index contributed by atoms with van der Waals surface area (Å²) in [6, 6.07) is 0. The van der Waals surface area contributed by atoms with E-state index < -0.39 is 0 Å². The van der Waals surface area contributed by atoms with Gasteiger partial charge in [-0.1, -0.05) is 172 Å². The van der Waals surface area contributed by atoms with Crippen molar-refractivity contribution in [3.63, 3.8) is 0 Å². The zero-order valence-corrected chi connectivity index (χ0v) is 30.3. The maximum atomic E-state index is 4.57. The molecule has 0 aromatic rings. The molecule has 1 nitrogen and oxygen atoms in total. The van der Waals surface area contributed by atoms with Crippen LogP contribution in [-0.2, 0) is 0 Å². The quantitative estimate of drug-likeness (QED) is 0.111. The van der Waals surface area contributed by atoms with Crippen molar-refractivity contribution in [1.82, 2.24) is 0 Å². The third-order valence-electron chi connectivity index (χ3n) is 5.70. The zero-order chi connectivity index (χ0) is 33.8. The highest BCUT2D eigenvalue weighted by atomic mass is 14.8. The van der Waals surface area contributed by atoms with E-state index in [1.165, 1.54) is 37.7 Å². The first-order valence-electron chi connectivity index (χ1n) is 16.0. The van der Waals surface area contributed by atoms with Crippen molar-refractivity contribution in [2.75, 3.05) is 0 Å². The number of aliphatic imine (C=N–C) groups is 1. The molecule has 0 radical (unpaired) electrons. The lowest BCUT2D eigenvalue weighted by atomic mass is 10.1. The smallest absolute Gasteiger partial charge is 0.0587 e. The summed E-state index contributed by atoms with van der Waals surface area (Å²) in [5.41, 5.74) is 7.27. The van der Waals surface area contributed by atoms with E-state index in [2.05, 4.69) is 105 Å². The lowest BCUT2D eigenvalue weighted by molar-refractivity contribution is 0.886. The molecule has 0 rings (SSSR count). The highest BCUT2D eigenvalue weighted by molar-refractivity contribution is 5.98. The minimum absolute atomic E-state index is 0.837. The summed E-state index contributed by atoms with van der Waals surface area (Å²) in [5.74, 6) is 0. The van der Waals surface area contributed by atoms with Gasteiger partial charge in [0, 0.05) is 5.71 Å². The maximum Gasteiger partial charge on any atom is 0.0587 e. The van der Waals surface area contributed by atoms with Crippen LogP contribution < -0.4 is 0 Å². The molecule has 0 aromatic carbocycles. The summed E-state index contributed by atoms with van der Waals surface area (Å²) in [6.07, 6.45) is 27.7. The van der Waals surface area contributed by atoms with Gasteiger partial charge in [0.05, 0.1) is 5.70 Å². The Hall–Kier alpha value is -2.93. The van der Waals surface area contributed by atoms with Crippen molar-refractivity contribution in [2.45, 2.75) is 134 Å². The van der Waals surface area contributed by atoms with Crippen molar-refractivity contribution in [1.29, 1.82) is 0 Å². The van der Waals surface area contributed by atoms with E-state index in [1.807, 2.05) is 64.2 Å². The van der Waals surface area contributed by atoms with E-state index in [1.54, 1.807) is 6.08 Å². The molecule has 0 bridgehead atoms. The van der Waals surface area contributed by atoms with Gasteiger partial charge in [0.1, 0.15) is 0 Å². The predicted molar refractivity (Wildman–Crippen MR) is 203 cm³/mol. The minimum atomic E-state index is 0.837. The molecule has 0 N–H and O–H groups in total. The number of nitrogens with zero attached hydrogens (tertiary/aromatic N) is 1. The maximum absolute atomic E-state index is 4.57. The van der Waals surface area contributed by atoms with Gasteiger partial charge in [-0.2, -0.15) is 0 Å². The molecule has 0 aliphatic heterocycles. The van der Waals surface area contributed by atoms with E-state index in [-0.39, 0.29) is 0 Å². The number of hydrogen-bond donors (Lipinski definition) is 0. The lowest BCUT2D eigenvalue weighted by Gasteiger charge is -2.04. The average molecular weight is 578 g/mol. The third-order valence-corrected chi connectivity index (χ3v) is 5.70. The van der Waals surface area contributed by atoms with Crippen LogP contribution in [0.4, 0.5) is 0 Å². The van der Waals surface area contributed by atoms with Crippen molar-refractivity contribution in [3.8, 4) is 0 Å². The summed E-state index contributed by atoms with van der Waals surface area (Å²) in [7, 11) is 0. The van der Waals surface area contributed by atoms with Gasteiger partial charge >= 0.3 is 0 Å². The second-order valence-corrected chi connectivity index (χ2v) is 10.0. The fourth-order valence-electron chi connectivity index (χ4n) is 1.95.